The molecule has 0 fully saturated rings. The molecule has 5 nitrogen and oxygen atoms in total. The summed E-state index contributed by atoms with van der Waals surface area (Å²) in [5, 5.41) is 4.82. The molecule has 0 spiro atoms. The maximum atomic E-state index is 13.4. The number of amides is 3. The molecule has 148 valence electrons. The van der Waals surface area contributed by atoms with Crippen LogP contribution in [0.4, 0.5) is 4.79 Å². The van der Waals surface area contributed by atoms with Gasteiger partial charge in [-0.15, -0.1) is 11.3 Å². The fourth-order valence-electron chi connectivity index (χ4n) is 3.98. The number of carbonyl (C=O) groups is 2. The second-order valence-corrected chi connectivity index (χ2v) is 8.13. The lowest BCUT2D eigenvalue weighted by Gasteiger charge is -2.37. The smallest absolute Gasteiger partial charge is 0.312 e. The van der Waals surface area contributed by atoms with Crippen molar-refractivity contribution >= 4 is 23.3 Å². The van der Waals surface area contributed by atoms with Crippen molar-refractivity contribution in [2.45, 2.75) is 24.9 Å². The van der Waals surface area contributed by atoms with Gasteiger partial charge in [0, 0.05) is 11.4 Å². The van der Waals surface area contributed by atoms with Gasteiger partial charge in [0.15, 0.2) is 0 Å². The van der Waals surface area contributed by atoms with Crippen LogP contribution in [0.25, 0.3) is 0 Å². The Balaban J connectivity index is 1.63. The van der Waals surface area contributed by atoms with Gasteiger partial charge in [0.25, 0.3) is 0 Å². The minimum atomic E-state index is -0.634. The van der Waals surface area contributed by atoms with Crippen molar-refractivity contribution in [1.82, 2.24) is 10.2 Å². The molecule has 3 amide bonds. The monoisotopic (exact) mass is 405 g/mol. The molecule has 3 N–H and O–H groups in total. The Morgan fingerprint density at radius 2 is 1.76 bits per heavy atom. The molecule has 6 heteroatoms. The topological polar surface area (TPSA) is 75.4 Å². The van der Waals surface area contributed by atoms with E-state index in [4.69, 9.17) is 5.73 Å². The lowest BCUT2D eigenvalue weighted by Crippen LogP contribution is -2.42. The highest BCUT2D eigenvalue weighted by atomic mass is 32.1. The third-order valence-corrected chi connectivity index (χ3v) is 6.30. The predicted molar refractivity (Wildman–Crippen MR) is 115 cm³/mol. The number of urea groups is 1. The standard InChI is InChI=1S/C23H23N3O2S/c24-23(28)25-19(16-7-3-1-4-8-16)15-21(27)26-13-11-20-18(12-14-29-20)22(26)17-9-5-2-6-10-17/h1-10,12,14,19,22H,11,13,15H2,(H3,24,25,28)/t19-,22-/m1/s1. The summed E-state index contributed by atoms with van der Waals surface area (Å²) in [6.45, 7) is 0.657. The molecule has 0 unspecified atom stereocenters. The molecule has 2 atom stereocenters. The van der Waals surface area contributed by atoms with E-state index in [1.54, 1.807) is 11.3 Å². The van der Waals surface area contributed by atoms with Crippen LogP contribution < -0.4 is 11.1 Å². The second-order valence-electron chi connectivity index (χ2n) is 7.13. The Kier molecular flexibility index (Phi) is 5.62. The first-order valence-corrected chi connectivity index (χ1v) is 10.5. The van der Waals surface area contributed by atoms with Crippen molar-refractivity contribution < 1.29 is 9.59 Å². The van der Waals surface area contributed by atoms with Crippen LogP contribution in [0, 0.1) is 0 Å². The van der Waals surface area contributed by atoms with E-state index < -0.39 is 12.1 Å². The van der Waals surface area contributed by atoms with Crippen molar-refractivity contribution in [2.75, 3.05) is 6.54 Å². The van der Waals surface area contributed by atoms with Crippen molar-refractivity contribution in [1.29, 1.82) is 0 Å². The Bertz CT molecular complexity index is 988. The van der Waals surface area contributed by atoms with Crippen LogP contribution in [0.3, 0.4) is 0 Å². The maximum absolute atomic E-state index is 13.4. The van der Waals surface area contributed by atoms with Crippen molar-refractivity contribution in [3.63, 3.8) is 0 Å². The van der Waals surface area contributed by atoms with E-state index in [1.165, 1.54) is 10.4 Å². The summed E-state index contributed by atoms with van der Waals surface area (Å²) in [4.78, 5) is 28.2. The SMILES string of the molecule is NC(=O)N[C@H](CC(=O)N1CCc2sccc2[C@H]1c1ccccc1)c1ccccc1. The summed E-state index contributed by atoms with van der Waals surface area (Å²) in [5.41, 5.74) is 8.53. The Morgan fingerprint density at radius 1 is 1.07 bits per heavy atom. The zero-order chi connectivity index (χ0) is 20.2. The van der Waals surface area contributed by atoms with Gasteiger partial charge in [-0.3, -0.25) is 4.79 Å². The summed E-state index contributed by atoms with van der Waals surface area (Å²) >= 11 is 1.75. The minimum Gasteiger partial charge on any atom is -0.352 e. The molecule has 2 aromatic carbocycles. The summed E-state index contributed by atoms with van der Waals surface area (Å²) in [5.74, 6) is -0.00157. The summed E-state index contributed by atoms with van der Waals surface area (Å²) in [7, 11) is 0. The molecule has 3 aromatic rings. The van der Waals surface area contributed by atoms with E-state index in [9.17, 15) is 9.59 Å². The number of carbonyl (C=O) groups excluding carboxylic acids is 2. The van der Waals surface area contributed by atoms with Gasteiger partial charge in [0.05, 0.1) is 18.5 Å². The molecular weight excluding hydrogens is 382 g/mol. The van der Waals surface area contributed by atoms with Crippen molar-refractivity contribution in [2.24, 2.45) is 5.73 Å². The molecular formula is C23H23N3O2S. The Morgan fingerprint density at radius 3 is 2.45 bits per heavy atom. The first-order chi connectivity index (χ1) is 14.1. The zero-order valence-corrected chi connectivity index (χ0v) is 16.8. The summed E-state index contributed by atoms with van der Waals surface area (Å²) in [6, 6.07) is 20.5. The molecule has 0 aliphatic carbocycles. The number of thiophene rings is 1. The van der Waals surface area contributed by atoms with Crippen LogP contribution in [0.5, 0.6) is 0 Å². The molecule has 1 aliphatic heterocycles. The summed E-state index contributed by atoms with van der Waals surface area (Å²) < 4.78 is 0. The predicted octanol–water partition coefficient (Wildman–Crippen LogP) is 4.02. The molecule has 0 saturated heterocycles. The Hall–Kier alpha value is -3.12. The number of hydrogen-bond acceptors (Lipinski definition) is 3. The number of fused-ring (bicyclic) bond motifs is 1. The van der Waals surface area contributed by atoms with Gasteiger partial charge < -0.3 is 16.0 Å². The molecule has 1 aromatic heterocycles. The fourth-order valence-corrected chi connectivity index (χ4v) is 4.88. The molecule has 0 saturated carbocycles. The molecule has 4 rings (SSSR count). The number of nitrogens with one attached hydrogen (secondary N) is 1. The van der Waals surface area contributed by atoms with Crippen LogP contribution in [-0.2, 0) is 11.2 Å². The third-order valence-electron chi connectivity index (χ3n) is 5.30. The molecule has 29 heavy (non-hydrogen) atoms. The number of nitrogens with zero attached hydrogens (tertiary/aromatic N) is 1. The van der Waals surface area contributed by atoms with E-state index in [0.717, 1.165) is 17.5 Å². The number of benzene rings is 2. The Labute approximate surface area is 174 Å². The average molecular weight is 406 g/mol. The zero-order valence-electron chi connectivity index (χ0n) is 16.0. The average Bonchev–Trinajstić information content (AvgIpc) is 3.22. The minimum absolute atomic E-state index is 0.00157. The van der Waals surface area contributed by atoms with Crippen LogP contribution in [0.2, 0.25) is 0 Å². The van der Waals surface area contributed by atoms with Gasteiger partial charge in [-0.05, 0) is 34.6 Å². The third kappa shape index (κ3) is 4.17. The lowest BCUT2D eigenvalue weighted by molar-refractivity contribution is -0.133. The lowest BCUT2D eigenvalue weighted by atomic mass is 9.92. The van der Waals surface area contributed by atoms with Gasteiger partial charge in [-0.1, -0.05) is 60.7 Å². The van der Waals surface area contributed by atoms with Crippen LogP contribution in [0.1, 0.15) is 40.1 Å². The van der Waals surface area contributed by atoms with Gasteiger partial charge in [0.2, 0.25) is 5.91 Å². The van der Waals surface area contributed by atoms with Crippen LogP contribution in [-0.4, -0.2) is 23.4 Å². The van der Waals surface area contributed by atoms with Crippen molar-refractivity contribution in [3.8, 4) is 0 Å². The van der Waals surface area contributed by atoms with Gasteiger partial charge in [-0.2, -0.15) is 0 Å². The van der Waals surface area contributed by atoms with Gasteiger partial charge >= 0.3 is 6.03 Å². The highest BCUT2D eigenvalue weighted by Crippen LogP contribution is 2.38. The molecule has 0 bridgehead atoms. The van der Waals surface area contributed by atoms with Crippen LogP contribution in [0.15, 0.2) is 72.1 Å². The van der Waals surface area contributed by atoms with E-state index >= 15 is 0 Å². The van der Waals surface area contributed by atoms with E-state index in [0.29, 0.717) is 6.54 Å². The fraction of sp³-hybridized carbons (Fsp3) is 0.217. The first-order valence-electron chi connectivity index (χ1n) is 9.65. The largest absolute Gasteiger partial charge is 0.352 e. The first kappa shape index (κ1) is 19.2. The molecule has 1 aliphatic rings. The molecule has 2 heterocycles. The van der Waals surface area contributed by atoms with Gasteiger partial charge in [-0.25, -0.2) is 4.79 Å². The van der Waals surface area contributed by atoms with Crippen molar-refractivity contribution in [3.05, 3.63) is 93.7 Å². The van der Waals surface area contributed by atoms with E-state index in [2.05, 4.69) is 28.9 Å². The van der Waals surface area contributed by atoms with E-state index in [1.807, 2.05) is 53.4 Å². The molecule has 0 radical (unpaired) electrons. The quantitative estimate of drug-likeness (QED) is 0.673. The number of hydrogen-bond donors (Lipinski definition) is 2. The van der Waals surface area contributed by atoms with Crippen LogP contribution >= 0.6 is 11.3 Å². The highest BCUT2D eigenvalue weighted by molar-refractivity contribution is 7.10. The number of nitrogens with two attached hydrogens (primary N) is 1. The maximum Gasteiger partial charge on any atom is 0.312 e. The number of rotatable bonds is 5. The van der Waals surface area contributed by atoms with Gasteiger partial charge in [0.1, 0.15) is 0 Å². The number of primary amides is 1. The highest BCUT2D eigenvalue weighted by Gasteiger charge is 2.33. The summed E-state index contributed by atoms with van der Waals surface area (Å²) in [6.07, 6.45) is 1.01. The van der Waals surface area contributed by atoms with E-state index in [-0.39, 0.29) is 18.4 Å². The second kappa shape index (κ2) is 8.49. The normalized spacial score (nSPS) is 16.7.